The van der Waals surface area contributed by atoms with Crippen molar-refractivity contribution in [3.63, 3.8) is 0 Å². The van der Waals surface area contributed by atoms with E-state index in [0.29, 0.717) is 12.6 Å². The van der Waals surface area contributed by atoms with Crippen LogP contribution in [-0.4, -0.2) is 11.0 Å². The van der Waals surface area contributed by atoms with E-state index in [1.165, 1.54) is 25.7 Å². The van der Waals surface area contributed by atoms with Gasteiger partial charge >= 0.3 is 0 Å². The van der Waals surface area contributed by atoms with Crippen LogP contribution in [0.5, 0.6) is 0 Å². The maximum Gasteiger partial charge on any atom is 0.273 e. The summed E-state index contributed by atoms with van der Waals surface area (Å²) in [7, 11) is 0. The van der Waals surface area contributed by atoms with Crippen LogP contribution < -0.4 is 5.32 Å². The smallest absolute Gasteiger partial charge is 0.273 e. The topological polar surface area (TPSA) is 55.2 Å². The highest BCUT2D eigenvalue weighted by molar-refractivity contribution is 9.10. The van der Waals surface area contributed by atoms with Crippen molar-refractivity contribution in [1.29, 1.82) is 0 Å². The highest BCUT2D eigenvalue weighted by Gasteiger charge is 2.20. The average Bonchev–Trinajstić information content (AvgIpc) is 2.36. The first kappa shape index (κ1) is 14.5. The second-order valence-electron chi connectivity index (χ2n) is 5.38. The number of nitrogens with one attached hydrogen (secondary N) is 1. The summed E-state index contributed by atoms with van der Waals surface area (Å²) in [4.78, 5) is 10.7. The molecule has 0 aromatic heterocycles. The van der Waals surface area contributed by atoms with E-state index >= 15 is 0 Å². The third kappa shape index (κ3) is 4.01. The number of benzene rings is 1. The lowest BCUT2D eigenvalue weighted by molar-refractivity contribution is -0.385. The zero-order valence-corrected chi connectivity index (χ0v) is 12.6. The van der Waals surface area contributed by atoms with Gasteiger partial charge in [-0.1, -0.05) is 35.7 Å². The minimum Gasteiger partial charge on any atom is -0.310 e. The van der Waals surface area contributed by atoms with E-state index in [-0.39, 0.29) is 10.6 Å². The van der Waals surface area contributed by atoms with E-state index in [1.807, 2.05) is 6.07 Å². The lowest BCUT2D eigenvalue weighted by atomic mass is 9.87. The Morgan fingerprint density at radius 1 is 1.47 bits per heavy atom. The van der Waals surface area contributed by atoms with Gasteiger partial charge in [0.15, 0.2) is 0 Å². The van der Waals surface area contributed by atoms with Gasteiger partial charge in [-0.25, -0.2) is 0 Å². The second kappa shape index (κ2) is 6.48. The number of rotatable bonds is 4. The van der Waals surface area contributed by atoms with Gasteiger partial charge in [-0.3, -0.25) is 10.1 Å². The molecule has 1 aliphatic carbocycles. The Balaban J connectivity index is 2.02. The van der Waals surface area contributed by atoms with Crippen LogP contribution in [0.25, 0.3) is 0 Å². The number of hydrogen-bond acceptors (Lipinski definition) is 3. The van der Waals surface area contributed by atoms with Gasteiger partial charge in [0, 0.05) is 28.7 Å². The van der Waals surface area contributed by atoms with Crippen LogP contribution in [-0.2, 0) is 6.54 Å². The number of nitrogens with zero attached hydrogens (tertiary/aromatic N) is 1. The molecular weight excluding hydrogens is 308 g/mol. The normalized spacial score (nSPS) is 23.3. The van der Waals surface area contributed by atoms with Crippen LogP contribution in [0, 0.1) is 16.0 Å². The van der Waals surface area contributed by atoms with Gasteiger partial charge in [0.2, 0.25) is 0 Å². The van der Waals surface area contributed by atoms with Crippen molar-refractivity contribution in [2.24, 2.45) is 5.92 Å². The monoisotopic (exact) mass is 326 g/mol. The minimum atomic E-state index is -0.313. The Labute approximate surface area is 121 Å². The van der Waals surface area contributed by atoms with Crippen molar-refractivity contribution in [2.75, 3.05) is 0 Å². The molecule has 5 heteroatoms. The molecule has 19 heavy (non-hydrogen) atoms. The van der Waals surface area contributed by atoms with Gasteiger partial charge in [0.1, 0.15) is 0 Å². The van der Waals surface area contributed by atoms with Gasteiger partial charge in [0.25, 0.3) is 5.69 Å². The SMILES string of the molecule is CC1CCCC(NCc2cc(Br)ccc2[N+](=O)[O-])C1. The summed E-state index contributed by atoms with van der Waals surface area (Å²) < 4.78 is 0.881. The summed E-state index contributed by atoms with van der Waals surface area (Å²) >= 11 is 3.37. The molecule has 1 aromatic carbocycles. The van der Waals surface area contributed by atoms with Crippen molar-refractivity contribution >= 4 is 21.6 Å². The standard InChI is InChI=1S/C14H19BrN2O2/c1-10-3-2-4-13(7-10)16-9-11-8-12(15)5-6-14(11)17(18)19/h5-6,8,10,13,16H,2-4,7,9H2,1H3. The maximum absolute atomic E-state index is 11.0. The summed E-state index contributed by atoms with van der Waals surface area (Å²) in [5.41, 5.74) is 0.942. The van der Waals surface area contributed by atoms with E-state index in [2.05, 4.69) is 28.2 Å². The van der Waals surface area contributed by atoms with Crippen molar-refractivity contribution in [3.8, 4) is 0 Å². The van der Waals surface area contributed by atoms with E-state index < -0.39 is 0 Å². The van der Waals surface area contributed by atoms with Crippen LogP contribution >= 0.6 is 15.9 Å². The zero-order valence-electron chi connectivity index (χ0n) is 11.1. The Kier molecular flexibility index (Phi) is 4.93. The first-order chi connectivity index (χ1) is 9.06. The Morgan fingerprint density at radius 2 is 2.26 bits per heavy atom. The fourth-order valence-electron chi connectivity index (χ4n) is 2.75. The quantitative estimate of drug-likeness (QED) is 0.671. The van der Waals surface area contributed by atoms with Gasteiger partial charge < -0.3 is 5.32 Å². The summed E-state index contributed by atoms with van der Waals surface area (Å²) in [5.74, 6) is 0.753. The molecule has 0 radical (unpaired) electrons. The highest BCUT2D eigenvalue weighted by Crippen LogP contribution is 2.26. The zero-order chi connectivity index (χ0) is 13.8. The molecule has 1 aliphatic rings. The second-order valence-corrected chi connectivity index (χ2v) is 6.30. The lowest BCUT2D eigenvalue weighted by Gasteiger charge is -2.27. The van der Waals surface area contributed by atoms with Crippen molar-refractivity contribution in [3.05, 3.63) is 38.3 Å². The van der Waals surface area contributed by atoms with Crippen LogP contribution in [0.4, 0.5) is 5.69 Å². The highest BCUT2D eigenvalue weighted by atomic mass is 79.9. The first-order valence-corrected chi connectivity index (χ1v) is 7.51. The van der Waals surface area contributed by atoms with Crippen molar-refractivity contribution in [1.82, 2.24) is 5.32 Å². The predicted molar refractivity (Wildman–Crippen MR) is 79.1 cm³/mol. The van der Waals surface area contributed by atoms with Crippen molar-refractivity contribution < 1.29 is 4.92 Å². The maximum atomic E-state index is 11.0. The fourth-order valence-corrected chi connectivity index (χ4v) is 3.16. The molecule has 0 heterocycles. The Bertz CT molecular complexity index is 465. The number of halogens is 1. The first-order valence-electron chi connectivity index (χ1n) is 6.72. The molecule has 0 amide bonds. The molecule has 4 nitrogen and oxygen atoms in total. The van der Waals surface area contributed by atoms with Crippen LogP contribution in [0.2, 0.25) is 0 Å². The van der Waals surface area contributed by atoms with E-state index in [1.54, 1.807) is 12.1 Å². The molecular formula is C14H19BrN2O2. The molecule has 0 spiro atoms. The van der Waals surface area contributed by atoms with Crippen molar-refractivity contribution in [2.45, 2.75) is 45.2 Å². The fraction of sp³-hybridized carbons (Fsp3) is 0.571. The molecule has 2 unspecified atom stereocenters. The molecule has 1 N–H and O–H groups in total. The summed E-state index contributed by atoms with van der Waals surface area (Å²) in [6.45, 7) is 2.84. The largest absolute Gasteiger partial charge is 0.310 e. The molecule has 104 valence electrons. The van der Waals surface area contributed by atoms with Crippen LogP contribution in [0.15, 0.2) is 22.7 Å². The van der Waals surface area contributed by atoms with Gasteiger partial charge in [-0.05, 0) is 30.9 Å². The molecule has 1 fully saturated rings. The number of hydrogen-bond donors (Lipinski definition) is 1. The van der Waals surface area contributed by atoms with E-state index in [9.17, 15) is 10.1 Å². The average molecular weight is 327 g/mol. The Morgan fingerprint density at radius 3 is 2.95 bits per heavy atom. The van der Waals surface area contributed by atoms with E-state index in [4.69, 9.17) is 0 Å². The van der Waals surface area contributed by atoms with Gasteiger partial charge in [0.05, 0.1) is 4.92 Å². The number of nitro benzene ring substituents is 1. The molecule has 0 bridgehead atoms. The summed E-state index contributed by atoms with van der Waals surface area (Å²) in [6, 6.07) is 5.59. The minimum absolute atomic E-state index is 0.194. The summed E-state index contributed by atoms with van der Waals surface area (Å²) in [6.07, 6.45) is 4.89. The molecule has 2 atom stereocenters. The van der Waals surface area contributed by atoms with Crippen LogP contribution in [0.1, 0.15) is 38.2 Å². The number of nitro groups is 1. The van der Waals surface area contributed by atoms with Crippen LogP contribution in [0.3, 0.4) is 0 Å². The van der Waals surface area contributed by atoms with Gasteiger partial charge in [-0.15, -0.1) is 0 Å². The Hall–Kier alpha value is -0.940. The molecule has 0 aliphatic heterocycles. The third-order valence-corrected chi connectivity index (χ3v) is 4.25. The molecule has 2 rings (SSSR count). The summed E-state index contributed by atoms with van der Waals surface area (Å²) in [5, 5.41) is 14.5. The molecule has 1 saturated carbocycles. The van der Waals surface area contributed by atoms with E-state index in [0.717, 1.165) is 16.0 Å². The predicted octanol–water partition coefficient (Wildman–Crippen LogP) is 4.03. The molecule has 1 aromatic rings. The lowest BCUT2D eigenvalue weighted by Crippen LogP contribution is -2.33. The van der Waals surface area contributed by atoms with Gasteiger partial charge in [-0.2, -0.15) is 0 Å². The third-order valence-electron chi connectivity index (χ3n) is 3.76. The molecule has 0 saturated heterocycles.